The molecule has 1 saturated carbocycles. The standard InChI is InChI=1S/C23H25N3O3/c1-14-18-10-19(24-12-16(18)7-8-21(14)28-2)17-4-3-9-26(13-17)23(27)20-11-22(29-25-20)15-5-6-15/h7-8,10-12,15,17H,3-6,9,13H2,1-2H3/t17-/m1/s1. The highest BCUT2D eigenvalue weighted by molar-refractivity contribution is 5.92. The third-order valence-electron chi connectivity index (χ3n) is 6.22. The van der Waals surface area contributed by atoms with Gasteiger partial charge in [-0.1, -0.05) is 5.16 Å². The van der Waals surface area contributed by atoms with Crippen molar-refractivity contribution in [2.75, 3.05) is 20.2 Å². The van der Waals surface area contributed by atoms with Crippen LogP contribution in [0.25, 0.3) is 10.8 Å². The summed E-state index contributed by atoms with van der Waals surface area (Å²) in [7, 11) is 1.69. The van der Waals surface area contributed by atoms with E-state index in [1.807, 2.05) is 29.3 Å². The summed E-state index contributed by atoms with van der Waals surface area (Å²) >= 11 is 0. The van der Waals surface area contributed by atoms with E-state index in [9.17, 15) is 4.79 Å². The molecule has 2 aromatic heterocycles. The number of pyridine rings is 1. The fourth-order valence-electron chi connectivity index (χ4n) is 4.32. The van der Waals surface area contributed by atoms with Gasteiger partial charge in [0.1, 0.15) is 11.5 Å². The van der Waals surface area contributed by atoms with Gasteiger partial charge in [0.05, 0.1) is 7.11 Å². The van der Waals surface area contributed by atoms with Gasteiger partial charge in [0.2, 0.25) is 0 Å². The van der Waals surface area contributed by atoms with Crippen LogP contribution in [0.4, 0.5) is 0 Å². The van der Waals surface area contributed by atoms with Gasteiger partial charge in [-0.2, -0.15) is 0 Å². The maximum Gasteiger partial charge on any atom is 0.276 e. The molecule has 2 fully saturated rings. The van der Waals surface area contributed by atoms with Gasteiger partial charge < -0.3 is 14.2 Å². The molecule has 1 saturated heterocycles. The number of methoxy groups -OCH3 is 1. The molecule has 150 valence electrons. The zero-order valence-corrected chi connectivity index (χ0v) is 16.9. The number of benzene rings is 1. The number of piperidine rings is 1. The molecule has 1 aliphatic heterocycles. The van der Waals surface area contributed by atoms with Crippen LogP contribution in [0.3, 0.4) is 0 Å². The second-order valence-corrected chi connectivity index (χ2v) is 8.20. The predicted molar refractivity (Wildman–Crippen MR) is 109 cm³/mol. The van der Waals surface area contributed by atoms with Crippen molar-refractivity contribution in [2.24, 2.45) is 0 Å². The molecular weight excluding hydrogens is 366 g/mol. The molecule has 3 heterocycles. The number of likely N-dealkylation sites (tertiary alicyclic amines) is 1. The molecule has 1 amide bonds. The van der Waals surface area contributed by atoms with Crippen LogP contribution in [0.2, 0.25) is 0 Å². The quantitative estimate of drug-likeness (QED) is 0.658. The summed E-state index contributed by atoms with van der Waals surface area (Å²) in [6.45, 7) is 3.48. The maximum atomic E-state index is 12.9. The number of aromatic nitrogens is 2. The van der Waals surface area contributed by atoms with E-state index in [0.29, 0.717) is 18.2 Å². The number of carbonyl (C=O) groups excluding carboxylic acids is 1. The Kier molecular flexibility index (Phi) is 4.49. The van der Waals surface area contributed by atoms with Crippen molar-refractivity contribution in [2.45, 2.75) is 44.4 Å². The maximum absolute atomic E-state index is 12.9. The smallest absolute Gasteiger partial charge is 0.276 e. The minimum atomic E-state index is -0.0380. The third kappa shape index (κ3) is 3.37. The summed E-state index contributed by atoms with van der Waals surface area (Å²) in [5.41, 5.74) is 2.58. The summed E-state index contributed by atoms with van der Waals surface area (Å²) in [6.07, 6.45) is 6.17. The van der Waals surface area contributed by atoms with Crippen molar-refractivity contribution < 1.29 is 14.1 Å². The Labute approximate surface area is 169 Å². The molecule has 1 aromatic carbocycles. The highest BCUT2D eigenvalue weighted by atomic mass is 16.5. The lowest BCUT2D eigenvalue weighted by Gasteiger charge is -2.32. The molecule has 0 bridgehead atoms. The van der Waals surface area contributed by atoms with Crippen LogP contribution in [-0.2, 0) is 0 Å². The van der Waals surface area contributed by atoms with E-state index in [1.165, 1.54) is 0 Å². The Morgan fingerprint density at radius 1 is 1.21 bits per heavy atom. The van der Waals surface area contributed by atoms with E-state index in [1.54, 1.807) is 7.11 Å². The van der Waals surface area contributed by atoms with Gasteiger partial charge in [0, 0.05) is 48.3 Å². The number of hydrogen-bond donors (Lipinski definition) is 0. The predicted octanol–water partition coefficient (Wildman–Crippen LogP) is 4.44. The largest absolute Gasteiger partial charge is 0.496 e. The first-order chi connectivity index (χ1) is 14.1. The van der Waals surface area contributed by atoms with Gasteiger partial charge >= 0.3 is 0 Å². The number of rotatable bonds is 4. The Morgan fingerprint density at radius 2 is 2.07 bits per heavy atom. The highest BCUT2D eigenvalue weighted by Gasteiger charge is 2.31. The Balaban J connectivity index is 1.38. The summed E-state index contributed by atoms with van der Waals surface area (Å²) < 4.78 is 10.8. The normalized spacial score (nSPS) is 19.5. The first kappa shape index (κ1) is 18.2. The third-order valence-corrected chi connectivity index (χ3v) is 6.22. The van der Waals surface area contributed by atoms with Crippen LogP contribution in [0, 0.1) is 6.92 Å². The van der Waals surface area contributed by atoms with Crippen molar-refractivity contribution >= 4 is 16.7 Å². The molecule has 6 nitrogen and oxygen atoms in total. The van der Waals surface area contributed by atoms with Gasteiger partial charge in [-0.05, 0) is 61.8 Å². The molecule has 3 aromatic rings. The van der Waals surface area contributed by atoms with Gasteiger partial charge in [-0.15, -0.1) is 0 Å². The molecule has 0 radical (unpaired) electrons. The van der Waals surface area contributed by atoms with Crippen molar-refractivity contribution in [1.29, 1.82) is 0 Å². The number of nitrogens with zero attached hydrogens (tertiary/aromatic N) is 3. The van der Waals surface area contributed by atoms with Crippen LogP contribution in [0.1, 0.15) is 65.0 Å². The molecule has 2 aliphatic rings. The van der Waals surface area contributed by atoms with Crippen LogP contribution >= 0.6 is 0 Å². The van der Waals surface area contributed by atoms with Gasteiger partial charge in [0.25, 0.3) is 5.91 Å². The lowest BCUT2D eigenvalue weighted by Crippen LogP contribution is -2.39. The molecule has 0 N–H and O–H groups in total. The molecular formula is C23H25N3O3. The number of fused-ring (bicyclic) bond motifs is 1. The van der Waals surface area contributed by atoms with Gasteiger partial charge in [0.15, 0.2) is 5.69 Å². The SMILES string of the molecule is COc1ccc2cnc([C@@H]3CCCN(C(=O)c4cc(C5CC5)on4)C3)cc2c1C. The molecule has 5 rings (SSSR count). The molecule has 0 unspecified atom stereocenters. The molecule has 1 atom stereocenters. The summed E-state index contributed by atoms with van der Waals surface area (Å²) in [4.78, 5) is 19.6. The molecule has 0 spiro atoms. The zero-order valence-electron chi connectivity index (χ0n) is 16.9. The lowest BCUT2D eigenvalue weighted by atomic mass is 9.92. The average Bonchev–Trinajstić information content (AvgIpc) is 3.50. The molecule has 6 heteroatoms. The van der Waals surface area contributed by atoms with Gasteiger partial charge in [-0.25, -0.2) is 0 Å². The number of ether oxygens (including phenoxy) is 1. The topological polar surface area (TPSA) is 68.5 Å². The Bertz CT molecular complexity index is 1070. The number of hydrogen-bond acceptors (Lipinski definition) is 5. The van der Waals surface area contributed by atoms with E-state index >= 15 is 0 Å². The summed E-state index contributed by atoms with van der Waals surface area (Å²) in [5.74, 6) is 2.37. The molecule has 29 heavy (non-hydrogen) atoms. The lowest BCUT2D eigenvalue weighted by molar-refractivity contribution is 0.0695. The fraction of sp³-hybridized carbons (Fsp3) is 0.435. The van der Waals surface area contributed by atoms with Crippen LogP contribution < -0.4 is 4.74 Å². The Morgan fingerprint density at radius 3 is 2.86 bits per heavy atom. The summed E-state index contributed by atoms with van der Waals surface area (Å²) in [5, 5.41) is 6.28. The van der Waals surface area contributed by atoms with Crippen LogP contribution in [0.15, 0.2) is 35.0 Å². The second-order valence-electron chi connectivity index (χ2n) is 8.20. The van der Waals surface area contributed by atoms with E-state index < -0.39 is 0 Å². The molecule has 1 aliphatic carbocycles. The average molecular weight is 391 g/mol. The van der Waals surface area contributed by atoms with E-state index in [0.717, 1.165) is 65.8 Å². The minimum Gasteiger partial charge on any atom is -0.496 e. The fourth-order valence-corrected chi connectivity index (χ4v) is 4.32. The highest BCUT2D eigenvalue weighted by Crippen LogP contribution is 2.40. The van der Waals surface area contributed by atoms with Gasteiger partial charge in [-0.3, -0.25) is 9.78 Å². The van der Waals surface area contributed by atoms with E-state index in [-0.39, 0.29) is 11.8 Å². The zero-order chi connectivity index (χ0) is 20.0. The Hall–Kier alpha value is -2.89. The van der Waals surface area contributed by atoms with Crippen LogP contribution in [0.5, 0.6) is 5.75 Å². The first-order valence-corrected chi connectivity index (χ1v) is 10.3. The monoisotopic (exact) mass is 391 g/mol. The van der Waals surface area contributed by atoms with Crippen molar-refractivity contribution in [1.82, 2.24) is 15.0 Å². The van der Waals surface area contributed by atoms with Crippen LogP contribution in [-0.4, -0.2) is 41.1 Å². The van der Waals surface area contributed by atoms with Crippen molar-refractivity contribution in [3.8, 4) is 5.75 Å². The summed E-state index contributed by atoms with van der Waals surface area (Å²) in [6, 6.07) is 8.01. The second kappa shape index (κ2) is 7.17. The first-order valence-electron chi connectivity index (χ1n) is 10.3. The van der Waals surface area contributed by atoms with Crippen molar-refractivity contribution in [3.63, 3.8) is 0 Å². The minimum absolute atomic E-state index is 0.0380. The van der Waals surface area contributed by atoms with Crippen molar-refractivity contribution in [3.05, 3.63) is 53.2 Å². The van der Waals surface area contributed by atoms with E-state index in [2.05, 4.69) is 18.1 Å². The number of aryl methyl sites for hydroxylation is 1. The number of amides is 1. The van der Waals surface area contributed by atoms with E-state index in [4.69, 9.17) is 14.2 Å². The number of carbonyl (C=O) groups is 1.